The Hall–Kier alpha value is -1.63. The first-order chi connectivity index (χ1) is 14.1. The van der Waals surface area contributed by atoms with Gasteiger partial charge < -0.3 is 20.3 Å². The third-order valence-corrected chi connectivity index (χ3v) is 5.13. The third-order valence-electron chi connectivity index (χ3n) is 5.13. The van der Waals surface area contributed by atoms with E-state index in [-0.39, 0.29) is 0 Å². The van der Waals surface area contributed by atoms with E-state index in [0.717, 1.165) is 58.3 Å². The van der Waals surface area contributed by atoms with Crippen LogP contribution in [0.25, 0.3) is 0 Å². The Balaban J connectivity index is 1.66. The van der Waals surface area contributed by atoms with Crippen molar-refractivity contribution in [1.29, 1.82) is 0 Å². The van der Waals surface area contributed by atoms with E-state index < -0.39 is 0 Å². The zero-order valence-corrected chi connectivity index (χ0v) is 18.9. The maximum atomic E-state index is 5.61. The molecule has 2 N–H and O–H groups in total. The molecular formula is C23H41N5O. The van der Waals surface area contributed by atoms with E-state index >= 15 is 0 Å². The zero-order valence-electron chi connectivity index (χ0n) is 18.9. The normalized spacial score (nSPS) is 16.8. The summed E-state index contributed by atoms with van der Waals surface area (Å²) in [5.41, 5.74) is 2.66. The summed E-state index contributed by atoms with van der Waals surface area (Å²) in [7, 11) is 4.03. The van der Waals surface area contributed by atoms with Gasteiger partial charge in [-0.05, 0) is 50.0 Å². The van der Waals surface area contributed by atoms with Crippen molar-refractivity contribution in [3.05, 3.63) is 35.4 Å². The standard InChI is InChI=1S/C23H41N5O/c1-20(2)19-29-16-5-11-25-23(24-3)26-17-21-7-9-22(10-8-21)18-28-13-6-12-27(4)14-15-28/h7-10,20H,5-6,11-19H2,1-4H3,(H2,24,25,26). The quantitative estimate of drug-likeness (QED) is 0.357. The van der Waals surface area contributed by atoms with Crippen LogP contribution in [0.5, 0.6) is 0 Å². The molecule has 1 aliphatic heterocycles. The monoisotopic (exact) mass is 403 g/mol. The second kappa shape index (κ2) is 13.6. The zero-order chi connectivity index (χ0) is 20.9. The number of benzene rings is 1. The van der Waals surface area contributed by atoms with Crippen molar-refractivity contribution in [1.82, 2.24) is 20.4 Å². The van der Waals surface area contributed by atoms with Gasteiger partial charge >= 0.3 is 0 Å². The molecule has 1 aliphatic rings. The fourth-order valence-electron chi connectivity index (χ4n) is 3.39. The van der Waals surface area contributed by atoms with Gasteiger partial charge in [0.2, 0.25) is 0 Å². The summed E-state index contributed by atoms with van der Waals surface area (Å²) < 4.78 is 5.61. The molecule has 1 saturated heterocycles. The van der Waals surface area contributed by atoms with Gasteiger partial charge in [-0.15, -0.1) is 0 Å². The summed E-state index contributed by atoms with van der Waals surface area (Å²) in [6.07, 6.45) is 2.24. The smallest absolute Gasteiger partial charge is 0.191 e. The van der Waals surface area contributed by atoms with Gasteiger partial charge in [-0.2, -0.15) is 0 Å². The minimum atomic E-state index is 0.592. The lowest BCUT2D eigenvalue weighted by Gasteiger charge is -2.20. The van der Waals surface area contributed by atoms with Crippen LogP contribution in [0.4, 0.5) is 0 Å². The Bertz CT molecular complexity index is 587. The number of hydrogen-bond acceptors (Lipinski definition) is 4. The van der Waals surface area contributed by atoms with Gasteiger partial charge in [-0.1, -0.05) is 38.1 Å². The molecule has 0 amide bonds. The van der Waals surface area contributed by atoms with Crippen LogP contribution < -0.4 is 10.6 Å². The lowest BCUT2D eigenvalue weighted by Crippen LogP contribution is -2.37. The van der Waals surface area contributed by atoms with Gasteiger partial charge in [0, 0.05) is 53.0 Å². The summed E-state index contributed by atoms with van der Waals surface area (Å²) in [5.74, 6) is 1.43. The molecule has 164 valence electrons. The van der Waals surface area contributed by atoms with E-state index in [1.807, 2.05) is 7.05 Å². The Morgan fingerprint density at radius 3 is 2.55 bits per heavy atom. The van der Waals surface area contributed by atoms with Crippen LogP contribution in [0.2, 0.25) is 0 Å². The molecule has 29 heavy (non-hydrogen) atoms. The number of nitrogens with zero attached hydrogens (tertiary/aromatic N) is 3. The number of ether oxygens (including phenoxy) is 1. The van der Waals surface area contributed by atoms with E-state index in [1.54, 1.807) is 0 Å². The van der Waals surface area contributed by atoms with Crippen molar-refractivity contribution in [3.63, 3.8) is 0 Å². The predicted octanol–water partition coefficient (Wildman–Crippen LogP) is 2.55. The molecule has 0 aromatic heterocycles. The number of hydrogen-bond donors (Lipinski definition) is 2. The Kier molecular flexibility index (Phi) is 11.1. The van der Waals surface area contributed by atoms with Gasteiger partial charge in [0.1, 0.15) is 0 Å². The van der Waals surface area contributed by atoms with Crippen LogP contribution in [0.1, 0.15) is 37.8 Å². The lowest BCUT2D eigenvalue weighted by atomic mass is 10.1. The molecule has 0 spiro atoms. The van der Waals surface area contributed by atoms with E-state index in [9.17, 15) is 0 Å². The van der Waals surface area contributed by atoms with Crippen molar-refractivity contribution in [2.75, 3.05) is 60.0 Å². The first-order valence-electron chi connectivity index (χ1n) is 11.1. The van der Waals surface area contributed by atoms with Crippen molar-refractivity contribution in [3.8, 4) is 0 Å². The van der Waals surface area contributed by atoms with Gasteiger partial charge in [-0.3, -0.25) is 9.89 Å². The molecule has 1 heterocycles. The lowest BCUT2D eigenvalue weighted by molar-refractivity contribution is 0.108. The molecule has 0 bridgehead atoms. The summed E-state index contributed by atoms with van der Waals surface area (Å²) in [5, 5.41) is 6.74. The van der Waals surface area contributed by atoms with Gasteiger partial charge in [0.05, 0.1) is 0 Å². The third kappa shape index (κ3) is 10.1. The SMILES string of the molecule is CN=C(NCCCOCC(C)C)NCc1ccc(CN2CCCN(C)CC2)cc1. The molecule has 6 nitrogen and oxygen atoms in total. The summed E-state index contributed by atoms with van der Waals surface area (Å²) in [6, 6.07) is 8.96. The second-order valence-electron chi connectivity index (χ2n) is 8.42. The molecule has 0 atom stereocenters. The topological polar surface area (TPSA) is 52.1 Å². The van der Waals surface area contributed by atoms with Crippen LogP contribution in [-0.4, -0.2) is 75.8 Å². The van der Waals surface area contributed by atoms with Crippen LogP contribution in [0.3, 0.4) is 0 Å². The van der Waals surface area contributed by atoms with Crippen molar-refractivity contribution in [2.45, 2.75) is 39.8 Å². The van der Waals surface area contributed by atoms with Crippen molar-refractivity contribution in [2.24, 2.45) is 10.9 Å². The van der Waals surface area contributed by atoms with Gasteiger partial charge in [0.15, 0.2) is 5.96 Å². The highest BCUT2D eigenvalue weighted by Crippen LogP contribution is 2.10. The van der Waals surface area contributed by atoms with Crippen LogP contribution in [0, 0.1) is 5.92 Å². The number of likely N-dealkylation sites (N-methyl/N-ethyl adjacent to an activating group) is 1. The second-order valence-corrected chi connectivity index (χ2v) is 8.42. The highest BCUT2D eigenvalue weighted by molar-refractivity contribution is 5.79. The van der Waals surface area contributed by atoms with Gasteiger partial charge in [0.25, 0.3) is 0 Å². The molecule has 2 rings (SSSR count). The molecule has 1 fully saturated rings. The Labute approximate surface area is 177 Å². The summed E-state index contributed by atoms with van der Waals surface area (Å²) >= 11 is 0. The molecule has 0 saturated carbocycles. The Morgan fingerprint density at radius 2 is 1.83 bits per heavy atom. The first kappa shape index (κ1) is 23.6. The van der Waals surface area contributed by atoms with Gasteiger partial charge in [-0.25, -0.2) is 0 Å². The minimum absolute atomic E-state index is 0.592. The fraction of sp³-hybridized carbons (Fsp3) is 0.696. The fourth-order valence-corrected chi connectivity index (χ4v) is 3.39. The maximum absolute atomic E-state index is 5.61. The number of guanidine groups is 1. The van der Waals surface area contributed by atoms with Crippen molar-refractivity contribution < 1.29 is 4.74 Å². The van der Waals surface area contributed by atoms with Crippen LogP contribution in [0.15, 0.2) is 29.3 Å². The largest absolute Gasteiger partial charge is 0.381 e. The summed E-state index contributed by atoms with van der Waals surface area (Å²) in [6.45, 7) is 13.4. The van der Waals surface area contributed by atoms with E-state index in [2.05, 4.69) is 70.6 Å². The van der Waals surface area contributed by atoms with Crippen LogP contribution >= 0.6 is 0 Å². The first-order valence-corrected chi connectivity index (χ1v) is 11.1. The molecule has 0 radical (unpaired) electrons. The molecule has 0 unspecified atom stereocenters. The van der Waals surface area contributed by atoms with E-state index in [4.69, 9.17) is 4.74 Å². The maximum Gasteiger partial charge on any atom is 0.191 e. The number of aliphatic imine (C=N–C) groups is 1. The highest BCUT2D eigenvalue weighted by atomic mass is 16.5. The van der Waals surface area contributed by atoms with Crippen molar-refractivity contribution >= 4 is 5.96 Å². The van der Waals surface area contributed by atoms with E-state index in [1.165, 1.54) is 30.6 Å². The molecule has 1 aromatic rings. The highest BCUT2D eigenvalue weighted by Gasteiger charge is 2.12. The molecule has 1 aromatic carbocycles. The number of nitrogens with one attached hydrogen (secondary N) is 2. The molecule has 6 heteroatoms. The summed E-state index contributed by atoms with van der Waals surface area (Å²) in [4.78, 5) is 9.29. The van der Waals surface area contributed by atoms with Crippen LogP contribution in [-0.2, 0) is 17.8 Å². The molecular weight excluding hydrogens is 362 g/mol. The predicted molar refractivity (Wildman–Crippen MR) is 122 cm³/mol. The average molecular weight is 404 g/mol. The van der Waals surface area contributed by atoms with E-state index in [0.29, 0.717) is 5.92 Å². The average Bonchev–Trinajstić information content (AvgIpc) is 2.92. The molecule has 0 aliphatic carbocycles. The minimum Gasteiger partial charge on any atom is -0.381 e. The number of rotatable bonds is 10. The Morgan fingerprint density at radius 1 is 1.07 bits per heavy atom.